The predicted octanol–water partition coefficient (Wildman–Crippen LogP) is 1.78. The average molecular weight is 286 g/mol. The summed E-state index contributed by atoms with van der Waals surface area (Å²) in [5.74, 6) is 0.368. The number of rotatable bonds is 3. The van der Waals surface area contributed by atoms with Crippen molar-refractivity contribution in [3.05, 3.63) is 0 Å². The van der Waals surface area contributed by atoms with Gasteiger partial charge in [0, 0.05) is 24.9 Å². The van der Waals surface area contributed by atoms with Crippen molar-refractivity contribution in [1.82, 2.24) is 10.2 Å². The summed E-state index contributed by atoms with van der Waals surface area (Å²) < 4.78 is 0. The zero-order chi connectivity index (χ0) is 13.9. The highest BCUT2D eigenvalue weighted by Gasteiger charge is 2.42. The summed E-state index contributed by atoms with van der Waals surface area (Å²) in [7, 11) is 0. The molecule has 108 valence electrons. The van der Waals surface area contributed by atoms with E-state index in [0.717, 1.165) is 6.42 Å². The fourth-order valence-corrected chi connectivity index (χ4v) is 3.83. The van der Waals surface area contributed by atoms with Crippen molar-refractivity contribution in [2.45, 2.75) is 37.9 Å². The van der Waals surface area contributed by atoms with Crippen LogP contribution in [0, 0.1) is 5.41 Å². The number of nitrogens with zero attached hydrogens (tertiary/aromatic N) is 1. The number of urea groups is 1. The van der Waals surface area contributed by atoms with Gasteiger partial charge in [0.05, 0.1) is 5.41 Å². The first-order valence-electron chi connectivity index (χ1n) is 6.89. The van der Waals surface area contributed by atoms with Crippen LogP contribution in [-0.2, 0) is 4.79 Å². The lowest BCUT2D eigenvalue weighted by Crippen LogP contribution is -2.43. The van der Waals surface area contributed by atoms with Crippen LogP contribution in [0.15, 0.2) is 0 Å². The lowest BCUT2D eigenvalue weighted by atomic mass is 9.90. The number of carbonyl (C=O) groups excluding carboxylic acids is 1. The molecule has 2 aliphatic heterocycles. The second-order valence-corrected chi connectivity index (χ2v) is 7.12. The van der Waals surface area contributed by atoms with Crippen molar-refractivity contribution in [2.75, 3.05) is 25.4 Å². The van der Waals surface area contributed by atoms with Gasteiger partial charge >= 0.3 is 12.0 Å². The quantitative estimate of drug-likeness (QED) is 0.829. The maximum Gasteiger partial charge on any atom is 0.317 e. The zero-order valence-electron chi connectivity index (χ0n) is 11.4. The summed E-state index contributed by atoms with van der Waals surface area (Å²) in [6.45, 7) is 3.25. The third-order valence-electron chi connectivity index (χ3n) is 4.03. The molecular weight excluding hydrogens is 264 g/mol. The summed E-state index contributed by atoms with van der Waals surface area (Å²) in [6, 6.07) is -0.115. The van der Waals surface area contributed by atoms with Crippen molar-refractivity contribution in [3.8, 4) is 0 Å². The molecule has 0 spiro atoms. The molecule has 2 fully saturated rings. The van der Waals surface area contributed by atoms with E-state index in [-0.39, 0.29) is 6.03 Å². The normalized spacial score (nSPS) is 31.2. The summed E-state index contributed by atoms with van der Waals surface area (Å²) in [5, 5.41) is 12.6. The number of thioether (sulfide) groups is 1. The van der Waals surface area contributed by atoms with Gasteiger partial charge in [-0.15, -0.1) is 0 Å². The average Bonchev–Trinajstić information content (AvgIpc) is 2.81. The van der Waals surface area contributed by atoms with E-state index >= 15 is 0 Å². The largest absolute Gasteiger partial charge is 0.481 e. The second kappa shape index (κ2) is 6.03. The first-order chi connectivity index (χ1) is 9.01. The van der Waals surface area contributed by atoms with Gasteiger partial charge in [-0.25, -0.2) is 4.79 Å². The number of carboxylic acid groups (broad SMARTS) is 1. The summed E-state index contributed by atoms with van der Waals surface area (Å²) in [5.41, 5.74) is -0.781. The van der Waals surface area contributed by atoms with Gasteiger partial charge < -0.3 is 15.3 Å². The van der Waals surface area contributed by atoms with Crippen molar-refractivity contribution >= 4 is 23.8 Å². The van der Waals surface area contributed by atoms with E-state index in [1.807, 2.05) is 11.8 Å². The molecule has 2 atom stereocenters. The first kappa shape index (κ1) is 14.5. The van der Waals surface area contributed by atoms with E-state index < -0.39 is 11.4 Å². The Hall–Kier alpha value is -0.910. The molecule has 2 rings (SSSR count). The van der Waals surface area contributed by atoms with Crippen molar-refractivity contribution in [2.24, 2.45) is 5.41 Å². The van der Waals surface area contributed by atoms with Crippen LogP contribution in [0.2, 0.25) is 0 Å². The molecule has 2 amide bonds. The van der Waals surface area contributed by atoms with E-state index in [2.05, 4.69) is 5.32 Å². The summed E-state index contributed by atoms with van der Waals surface area (Å²) >= 11 is 1.93. The number of likely N-dealkylation sites (tertiary alicyclic amines) is 1. The van der Waals surface area contributed by atoms with Gasteiger partial charge in [-0.1, -0.05) is 6.42 Å². The van der Waals surface area contributed by atoms with Gasteiger partial charge in [-0.05, 0) is 31.9 Å². The monoisotopic (exact) mass is 286 g/mol. The molecule has 0 aromatic heterocycles. The van der Waals surface area contributed by atoms with Crippen molar-refractivity contribution in [3.63, 3.8) is 0 Å². The van der Waals surface area contributed by atoms with Gasteiger partial charge in [-0.3, -0.25) is 4.79 Å². The molecule has 19 heavy (non-hydrogen) atoms. The fourth-order valence-electron chi connectivity index (χ4n) is 2.59. The van der Waals surface area contributed by atoms with Crippen LogP contribution in [0.1, 0.15) is 32.6 Å². The smallest absolute Gasteiger partial charge is 0.317 e. The van der Waals surface area contributed by atoms with Gasteiger partial charge in [0.25, 0.3) is 0 Å². The molecule has 5 nitrogen and oxygen atoms in total. The van der Waals surface area contributed by atoms with Crippen LogP contribution in [-0.4, -0.2) is 52.6 Å². The molecule has 6 heteroatoms. The molecule has 0 aromatic carbocycles. The van der Waals surface area contributed by atoms with Crippen LogP contribution in [0.25, 0.3) is 0 Å². The molecular formula is C13H22N2O3S. The number of hydrogen-bond acceptors (Lipinski definition) is 3. The first-order valence-corrected chi connectivity index (χ1v) is 7.94. The molecule has 2 aliphatic rings. The molecule has 2 unspecified atom stereocenters. The van der Waals surface area contributed by atoms with Crippen LogP contribution < -0.4 is 5.32 Å². The lowest BCUT2D eigenvalue weighted by molar-refractivity contribution is -0.146. The number of nitrogens with one attached hydrogen (secondary N) is 1. The third-order valence-corrected chi connectivity index (χ3v) is 5.43. The Morgan fingerprint density at radius 3 is 2.84 bits per heavy atom. The number of carboxylic acids is 1. The Morgan fingerprint density at radius 2 is 2.26 bits per heavy atom. The number of aliphatic carboxylic acids is 1. The Balaban J connectivity index is 1.76. The van der Waals surface area contributed by atoms with Crippen LogP contribution >= 0.6 is 11.8 Å². The van der Waals surface area contributed by atoms with Crippen LogP contribution in [0.5, 0.6) is 0 Å². The zero-order valence-corrected chi connectivity index (χ0v) is 12.2. The maximum absolute atomic E-state index is 12.0. The minimum atomic E-state index is -0.814. The third kappa shape index (κ3) is 3.55. The Bertz CT molecular complexity index is 358. The molecule has 0 aromatic rings. The molecule has 0 bridgehead atoms. The number of hydrogen-bond donors (Lipinski definition) is 2. The molecule has 0 radical (unpaired) electrons. The summed E-state index contributed by atoms with van der Waals surface area (Å²) in [6.07, 6.45) is 4.22. The highest BCUT2D eigenvalue weighted by atomic mass is 32.2. The highest BCUT2D eigenvalue weighted by Crippen LogP contribution is 2.30. The van der Waals surface area contributed by atoms with E-state index in [9.17, 15) is 9.59 Å². The second-order valence-electron chi connectivity index (χ2n) is 5.71. The Labute approximate surface area is 118 Å². The Kier molecular flexibility index (Phi) is 4.60. The SMILES string of the molecule is CC1(C(=O)O)CCN(C(=O)NCC2CCCCS2)C1. The predicted molar refractivity (Wildman–Crippen MR) is 75.4 cm³/mol. The molecule has 0 aliphatic carbocycles. The topological polar surface area (TPSA) is 69.6 Å². The highest BCUT2D eigenvalue weighted by molar-refractivity contribution is 7.99. The lowest BCUT2D eigenvalue weighted by Gasteiger charge is -2.24. The van der Waals surface area contributed by atoms with E-state index in [0.29, 0.717) is 31.3 Å². The standard InChI is InChI=1S/C13H22N2O3S/c1-13(11(16)17)5-6-15(9-13)12(18)14-8-10-4-2-3-7-19-10/h10H,2-9H2,1H3,(H,14,18)(H,16,17). The van der Waals surface area contributed by atoms with Gasteiger partial charge in [0.1, 0.15) is 0 Å². The maximum atomic E-state index is 12.0. The van der Waals surface area contributed by atoms with Crippen molar-refractivity contribution < 1.29 is 14.7 Å². The molecule has 2 saturated heterocycles. The van der Waals surface area contributed by atoms with Gasteiger partial charge in [-0.2, -0.15) is 11.8 Å². The van der Waals surface area contributed by atoms with Crippen molar-refractivity contribution in [1.29, 1.82) is 0 Å². The Morgan fingerprint density at radius 1 is 1.47 bits per heavy atom. The van der Waals surface area contributed by atoms with Gasteiger partial charge in [0.2, 0.25) is 0 Å². The molecule has 0 saturated carbocycles. The number of amides is 2. The molecule has 2 N–H and O–H groups in total. The van der Waals surface area contributed by atoms with Crippen LogP contribution in [0.3, 0.4) is 0 Å². The van der Waals surface area contributed by atoms with Gasteiger partial charge in [0.15, 0.2) is 0 Å². The minimum absolute atomic E-state index is 0.115. The molecule has 2 heterocycles. The summed E-state index contributed by atoms with van der Waals surface area (Å²) in [4.78, 5) is 24.8. The van der Waals surface area contributed by atoms with E-state index in [4.69, 9.17) is 5.11 Å². The fraction of sp³-hybridized carbons (Fsp3) is 0.846. The van der Waals surface area contributed by atoms with E-state index in [1.165, 1.54) is 18.6 Å². The minimum Gasteiger partial charge on any atom is -0.481 e. The van der Waals surface area contributed by atoms with E-state index in [1.54, 1.807) is 11.8 Å². The number of carbonyl (C=O) groups is 2. The van der Waals surface area contributed by atoms with Crippen LogP contribution in [0.4, 0.5) is 4.79 Å².